The van der Waals surface area contributed by atoms with Crippen LogP contribution in [0.15, 0.2) is 45.5 Å². The van der Waals surface area contributed by atoms with Crippen molar-refractivity contribution in [1.29, 1.82) is 0 Å². The normalized spacial score (nSPS) is 11.3. The number of hydrogen-bond acceptors (Lipinski definition) is 5. The minimum atomic E-state index is -3.57. The van der Waals surface area contributed by atoms with Gasteiger partial charge >= 0.3 is 0 Å². The lowest BCUT2D eigenvalue weighted by molar-refractivity contribution is 0.102. The molecule has 0 fully saturated rings. The fourth-order valence-corrected chi connectivity index (χ4v) is 4.13. The van der Waals surface area contributed by atoms with Gasteiger partial charge in [-0.2, -0.15) is 0 Å². The Hall–Kier alpha value is -1.66. The predicted octanol–water partition coefficient (Wildman–Crippen LogP) is 2.79. The molecule has 0 radical (unpaired) electrons. The summed E-state index contributed by atoms with van der Waals surface area (Å²) in [6, 6.07) is 9.14. The number of ether oxygens (including phenoxy) is 1. The minimum Gasteiger partial charge on any atom is -0.497 e. The van der Waals surface area contributed by atoms with E-state index in [0.717, 1.165) is 11.3 Å². The highest BCUT2D eigenvalue weighted by Gasteiger charge is 2.20. The van der Waals surface area contributed by atoms with Gasteiger partial charge < -0.3 is 4.74 Å². The zero-order valence-corrected chi connectivity index (χ0v) is 12.0. The average Bonchev–Trinajstić information content (AvgIpc) is 2.89. The molecule has 2 rings (SSSR count). The number of rotatable bonds is 4. The smallest absolute Gasteiger partial charge is 0.215 e. The van der Waals surface area contributed by atoms with Gasteiger partial charge in [-0.25, -0.2) is 8.42 Å². The highest BCUT2D eigenvalue weighted by atomic mass is 32.2. The molecular formula is C13H12O4S2. The summed E-state index contributed by atoms with van der Waals surface area (Å²) < 4.78 is 29.8. The summed E-state index contributed by atoms with van der Waals surface area (Å²) in [6.07, 6.45) is 0. The van der Waals surface area contributed by atoms with Gasteiger partial charge in [0.25, 0.3) is 0 Å². The Morgan fingerprint density at radius 1 is 1.11 bits per heavy atom. The number of Topliss-reactive ketones (excluding diaryl/α,β-unsaturated/α-hetero) is 1. The van der Waals surface area contributed by atoms with Crippen LogP contribution in [-0.4, -0.2) is 21.3 Å². The summed E-state index contributed by atoms with van der Waals surface area (Å²) in [6.45, 7) is 1.41. The van der Waals surface area contributed by atoms with Crippen LogP contribution in [0.3, 0.4) is 0 Å². The Labute approximate surface area is 115 Å². The van der Waals surface area contributed by atoms with Gasteiger partial charge in [0.1, 0.15) is 9.96 Å². The molecule has 0 aliphatic rings. The Morgan fingerprint density at radius 2 is 1.74 bits per heavy atom. The van der Waals surface area contributed by atoms with Crippen LogP contribution in [0.5, 0.6) is 5.75 Å². The van der Waals surface area contributed by atoms with Crippen LogP contribution >= 0.6 is 11.3 Å². The zero-order chi connectivity index (χ0) is 14.0. The zero-order valence-electron chi connectivity index (χ0n) is 10.4. The second kappa shape index (κ2) is 5.14. The Balaban J connectivity index is 2.42. The molecule has 0 atom stereocenters. The van der Waals surface area contributed by atoms with Gasteiger partial charge in [0.2, 0.25) is 9.84 Å². The third kappa shape index (κ3) is 2.69. The van der Waals surface area contributed by atoms with Gasteiger partial charge in [0, 0.05) is 0 Å². The third-order valence-electron chi connectivity index (χ3n) is 2.56. The van der Waals surface area contributed by atoms with Crippen molar-refractivity contribution in [1.82, 2.24) is 0 Å². The molecule has 0 aliphatic carbocycles. The van der Waals surface area contributed by atoms with Crippen LogP contribution < -0.4 is 4.74 Å². The average molecular weight is 296 g/mol. The number of carbonyl (C=O) groups excluding carboxylic acids is 1. The molecule has 4 nitrogen and oxygen atoms in total. The quantitative estimate of drug-likeness (QED) is 0.814. The number of carbonyl (C=O) groups is 1. The standard InChI is InChI=1S/C13H12O4S2/c1-9(14)12-7-8-13(18-12)19(15,16)11-5-3-10(17-2)4-6-11/h3-8H,1-2H3. The predicted molar refractivity (Wildman–Crippen MR) is 72.8 cm³/mol. The van der Waals surface area contributed by atoms with E-state index in [2.05, 4.69) is 0 Å². The van der Waals surface area contributed by atoms with Crippen molar-refractivity contribution in [3.63, 3.8) is 0 Å². The Kier molecular flexibility index (Phi) is 3.73. The van der Waals surface area contributed by atoms with E-state index in [1.807, 2.05) is 0 Å². The van der Waals surface area contributed by atoms with Crippen molar-refractivity contribution < 1.29 is 17.9 Å². The summed E-state index contributed by atoms with van der Waals surface area (Å²) in [5.41, 5.74) is 0. The van der Waals surface area contributed by atoms with Crippen LogP contribution in [-0.2, 0) is 9.84 Å². The number of ketones is 1. The van der Waals surface area contributed by atoms with E-state index < -0.39 is 9.84 Å². The molecule has 0 saturated heterocycles. The molecule has 0 aliphatic heterocycles. The molecule has 0 N–H and O–H groups in total. The number of benzene rings is 1. The largest absolute Gasteiger partial charge is 0.497 e. The van der Waals surface area contributed by atoms with Crippen molar-refractivity contribution in [2.75, 3.05) is 7.11 Å². The van der Waals surface area contributed by atoms with Gasteiger partial charge in [-0.1, -0.05) is 0 Å². The summed E-state index contributed by atoms with van der Waals surface area (Å²) in [7, 11) is -2.05. The molecule has 0 bridgehead atoms. The summed E-state index contributed by atoms with van der Waals surface area (Å²) >= 11 is 0.984. The molecule has 1 aromatic heterocycles. The third-order valence-corrected chi connectivity index (χ3v) is 6.01. The second-order valence-electron chi connectivity index (χ2n) is 3.85. The summed E-state index contributed by atoms with van der Waals surface area (Å²) in [5, 5.41) is 0. The minimum absolute atomic E-state index is 0.138. The number of thiophene rings is 1. The second-order valence-corrected chi connectivity index (χ2v) is 7.11. The molecule has 0 saturated carbocycles. The molecule has 100 valence electrons. The summed E-state index contributed by atoms with van der Waals surface area (Å²) in [5.74, 6) is 0.454. The van der Waals surface area contributed by atoms with Gasteiger partial charge in [-0.05, 0) is 43.3 Å². The molecule has 6 heteroatoms. The first-order valence-corrected chi connectivity index (χ1v) is 7.75. The van der Waals surface area contributed by atoms with E-state index in [-0.39, 0.29) is 14.9 Å². The van der Waals surface area contributed by atoms with E-state index in [1.54, 1.807) is 12.1 Å². The molecule has 1 heterocycles. The van der Waals surface area contributed by atoms with Gasteiger partial charge in [-0.3, -0.25) is 4.79 Å². The van der Waals surface area contributed by atoms with Gasteiger partial charge in [0.15, 0.2) is 5.78 Å². The highest BCUT2D eigenvalue weighted by Crippen LogP contribution is 2.28. The topological polar surface area (TPSA) is 60.4 Å². The Morgan fingerprint density at radius 3 is 2.21 bits per heavy atom. The lowest BCUT2D eigenvalue weighted by atomic mass is 10.3. The fourth-order valence-electron chi connectivity index (χ4n) is 1.52. The van der Waals surface area contributed by atoms with Gasteiger partial charge in [0.05, 0.1) is 16.9 Å². The van der Waals surface area contributed by atoms with Crippen LogP contribution in [0.4, 0.5) is 0 Å². The van der Waals surface area contributed by atoms with Crippen molar-refractivity contribution in [3.05, 3.63) is 41.3 Å². The van der Waals surface area contributed by atoms with Crippen molar-refractivity contribution in [2.45, 2.75) is 16.0 Å². The molecule has 0 unspecified atom stereocenters. The van der Waals surface area contributed by atoms with E-state index in [1.165, 1.54) is 38.3 Å². The summed E-state index contributed by atoms with van der Waals surface area (Å²) in [4.78, 5) is 11.8. The maximum absolute atomic E-state index is 12.3. The lowest BCUT2D eigenvalue weighted by Crippen LogP contribution is -1.99. The maximum atomic E-state index is 12.3. The molecule has 0 amide bonds. The van der Waals surface area contributed by atoms with Crippen LogP contribution in [0.2, 0.25) is 0 Å². The number of methoxy groups -OCH3 is 1. The number of sulfone groups is 1. The monoisotopic (exact) mass is 296 g/mol. The fraction of sp³-hybridized carbons (Fsp3) is 0.154. The van der Waals surface area contributed by atoms with Crippen LogP contribution in [0.1, 0.15) is 16.6 Å². The van der Waals surface area contributed by atoms with Crippen LogP contribution in [0.25, 0.3) is 0 Å². The SMILES string of the molecule is COc1ccc(S(=O)(=O)c2ccc(C(C)=O)s2)cc1. The van der Waals surface area contributed by atoms with E-state index in [0.29, 0.717) is 10.6 Å². The maximum Gasteiger partial charge on any atom is 0.215 e. The lowest BCUT2D eigenvalue weighted by Gasteiger charge is -2.03. The van der Waals surface area contributed by atoms with Crippen molar-refractivity contribution in [3.8, 4) is 5.75 Å². The molecule has 2 aromatic rings. The van der Waals surface area contributed by atoms with Crippen molar-refractivity contribution >= 4 is 27.0 Å². The Bertz CT molecular complexity index is 696. The van der Waals surface area contributed by atoms with Crippen LogP contribution in [0, 0.1) is 0 Å². The van der Waals surface area contributed by atoms with Crippen molar-refractivity contribution in [2.24, 2.45) is 0 Å². The molecule has 19 heavy (non-hydrogen) atoms. The van der Waals surface area contributed by atoms with Gasteiger partial charge in [-0.15, -0.1) is 11.3 Å². The molecule has 0 spiro atoms. The highest BCUT2D eigenvalue weighted by molar-refractivity contribution is 7.93. The first kappa shape index (κ1) is 13.8. The number of hydrogen-bond donors (Lipinski definition) is 0. The molecule has 1 aromatic carbocycles. The van der Waals surface area contributed by atoms with E-state index in [9.17, 15) is 13.2 Å². The molecular weight excluding hydrogens is 284 g/mol. The van der Waals surface area contributed by atoms with E-state index >= 15 is 0 Å². The van der Waals surface area contributed by atoms with E-state index in [4.69, 9.17) is 4.74 Å². The first-order valence-electron chi connectivity index (χ1n) is 5.45. The first-order chi connectivity index (χ1) is 8.95.